The van der Waals surface area contributed by atoms with Crippen molar-refractivity contribution in [3.05, 3.63) is 59.3 Å². The van der Waals surface area contributed by atoms with E-state index in [-0.39, 0.29) is 5.56 Å². The van der Waals surface area contributed by atoms with Gasteiger partial charge in [0.25, 0.3) is 5.91 Å². The standard InChI is InChI=1S/C24H24N8O2/c1-15-20(17-7-16(10-25)22(29-11-17)27-5-6-34-4)9-19(13-28-15)31-23(33)18-8-21(32-30-12-18)24(2,3)14-26/h7-9,11-13H,5-6H2,1-4H3,(H,27,29)(H,31,33). The Hall–Kier alpha value is -4.41. The molecule has 3 rings (SSSR count). The molecule has 2 N–H and O–H groups in total. The van der Waals surface area contributed by atoms with Crippen molar-refractivity contribution >= 4 is 17.4 Å². The zero-order valence-electron chi connectivity index (χ0n) is 19.4. The van der Waals surface area contributed by atoms with Crippen LogP contribution in [0.25, 0.3) is 11.1 Å². The second kappa shape index (κ2) is 10.5. The number of nitrogens with one attached hydrogen (secondary N) is 2. The number of pyridine rings is 2. The predicted octanol–water partition coefficient (Wildman–Crippen LogP) is 3.23. The van der Waals surface area contributed by atoms with Crippen LogP contribution in [0, 0.1) is 29.6 Å². The van der Waals surface area contributed by atoms with Crippen LogP contribution in [0.5, 0.6) is 0 Å². The maximum Gasteiger partial charge on any atom is 0.257 e. The number of hydrogen-bond donors (Lipinski definition) is 2. The number of nitriles is 2. The molecular formula is C24H24N8O2. The predicted molar refractivity (Wildman–Crippen MR) is 126 cm³/mol. The number of aryl methyl sites for hydroxylation is 1. The molecule has 0 atom stereocenters. The summed E-state index contributed by atoms with van der Waals surface area (Å²) < 4.78 is 5.01. The average Bonchev–Trinajstić information content (AvgIpc) is 2.85. The highest BCUT2D eigenvalue weighted by Crippen LogP contribution is 2.27. The summed E-state index contributed by atoms with van der Waals surface area (Å²) in [5.41, 5.74) is 2.78. The van der Waals surface area contributed by atoms with Crippen molar-refractivity contribution in [1.29, 1.82) is 10.5 Å². The number of rotatable bonds is 8. The van der Waals surface area contributed by atoms with Crippen LogP contribution in [-0.2, 0) is 10.2 Å². The van der Waals surface area contributed by atoms with Gasteiger partial charge in [-0.15, -0.1) is 0 Å². The first kappa shape index (κ1) is 24.2. The van der Waals surface area contributed by atoms with E-state index in [1.165, 1.54) is 6.20 Å². The highest BCUT2D eigenvalue weighted by Gasteiger charge is 2.23. The number of carbonyl (C=O) groups is 1. The monoisotopic (exact) mass is 456 g/mol. The molecule has 1 amide bonds. The van der Waals surface area contributed by atoms with Crippen molar-refractivity contribution in [2.75, 3.05) is 30.9 Å². The number of carbonyl (C=O) groups excluding carboxylic acids is 1. The molecule has 34 heavy (non-hydrogen) atoms. The molecule has 0 radical (unpaired) electrons. The van der Waals surface area contributed by atoms with E-state index < -0.39 is 11.3 Å². The third kappa shape index (κ3) is 5.49. The van der Waals surface area contributed by atoms with Gasteiger partial charge in [-0.25, -0.2) is 4.98 Å². The fourth-order valence-electron chi connectivity index (χ4n) is 3.06. The lowest BCUT2D eigenvalue weighted by molar-refractivity contribution is 0.102. The summed E-state index contributed by atoms with van der Waals surface area (Å²) in [5.74, 6) is 0.0645. The summed E-state index contributed by atoms with van der Waals surface area (Å²) >= 11 is 0. The number of aromatic nitrogens is 4. The van der Waals surface area contributed by atoms with Crippen molar-refractivity contribution < 1.29 is 9.53 Å². The van der Waals surface area contributed by atoms with Gasteiger partial charge in [0.15, 0.2) is 0 Å². The SMILES string of the molecule is COCCNc1ncc(-c2cc(NC(=O)c3cnnc(C(C)(C)C#N)c3)cnc2C)cc1C#N. The highest BCUT2D eigenvalue weighted by molar-refractivity contribution is 6.04. The van der Waals surface area contributed by atoms with E-state index in [1.807, 2.05) is 6.92 Å². The Balaban J connectivity index is 1.86. The van der Waals surface area contributed by atoms with Crippen LogP contribution < -0.4 is 10.6 Å². The summed E-state index contributed by atoms with van der Waals surface area (Å²) in [4.78, 5) is 21.6. The number of anilines is 2. The molecule has 3 heterocycles. The Morgan fingerprint density at radius 3 is 2.65 bits per heavy atom. The Bertz CT molecular complexity index is 1290. The molecule has 0 aliphatic rings. The first-order valence-corrected chi connectivity index (χ1v) is 10.4. The first-order valence-electron chi connectivity index (χ1n) is 10.4. The summed E-state index contributed by atoms with van der Waals surface area (Å²) in [6.45, 7) is 6.26. The molecule has 0 unspecified atom stereocenters. The number of amides is 1. The molecule has 0 bridgehead atoms. The molecule has 10 nitrogen and oxygen atoms in total. The molecule has 0 spiro atoms. The van der Waals surface area contributed by atoms with Crippen LogP contribution in [-0.4, -0.2) is 46.3 Å². The molecule has 0 saturated heterocycles. The van der Waals surface area contributed by atoms with Crippen LogP contribution in [0.2, 0.25) is 0 Å². The van der Waals surface area contributed by atoms with Gasteiger partial charge in [-0.2, -0.15) is 20.7 Å². The molecule has 0 aliphatic carbocycles. The summed E-state index contributed by atoms with van der Waals surface area (Å²) in [6, 6.07) is 9.34. The average molecular weight is 457 g/mol. The van der Waals surface area contributed by atoms with E-state index in [9.17, 15) is 15.3 Å². The third-order valence-electron chi connectivity index (χ3n) is 5.10. The normalized spacial score (nSPS) is 10.8. The van der Waals surface area contributed by atoms with Gasteiger partial charge in [-0.05, 0) is 39.0 Å². The quantitative estimate of drug-likeness (QED) is 0.487. The largest absolute Gasteiger partial charge is 0.383 e. The molecule has 3 aromatic heterocycles. The van der Waals surface area contributed by atoms with Gasteiger partial charge in [0.2, 0.25) is 0 Å². The molecule has 0 saturated carbocycles. The van der Waals surface area contributed by atoms with E-state index in [4.69, 9.17) is 4.74 Å². The summed E-state index contributed by atoms with van der Waals surface area (Å²) in [6.07, 6.45) is 4.53. The van der Waals surface area contributed by atoms with E-state index in [0.717, 1.165) is 5.56 Å². The maximum atomic E-state index is 12.8. The number of methoxy groups -OCH3 is 1. The molecular weight excluding hydrogens is 432 g/mol. The Morgan fingerprint density at radius 1 is 1.15 bits per heavy atom. The van der Waals surface area contributed by atoms with Crippen molar-refractivity contribution in [1.82, 2.24) is 20.2 Å². The van der Waals surface area contributed by atoms with Gasteiger partial charge in [-0.3, -0.25) is 9.78 Å². The zero-order chi connectivity index (χ0) is 24.7. The smallest absolute Gasteiger partial charge is 0.257 e. The van der Waals surface area contributed by atoms with E-state index in [2.05, 4.69) is 42.9 Å². The number of ether oxygens (including phenoxy) is 1. The lowest BCUT2D eigenvalue weighted by atomic mass is 9.90. The minimum atomic E-state index is -0.877. The summed E-state index contributed by atoms with van der Waals surface area (Å²) in [7, 11) is 1.60. The topological polar surface area (TPSA) is 150 Å². The Kier molecular flexibility index (Phi) is 7.46. The van der Waals surface area contributed by atoms with Gasteiger partial charge in [0, 0.05) is 36.7 Å². The van der Waals surface area contributed by atoms with Crippen LogP contribution in [0.1, 0.15) is 41.2 Å². The highest BCUT2D eigenvalue weighted by atomic mass is 16.5. The van der Waals surface area contributed by atoms with Gasteiger partial charge >= 0.3 is 0 Å². The second-order valence-electron chi connectivity index (χ2n) is 8.03. The molecule has 0 fully saturated rings. The lowest BCUT2D eigenvalue weighted by Crippen LogP contribution is -2.19. The minimum Gasteiger partial charge on any atom is -0.383 e. The zero-order valence-corrected chi connectivity index (χ0v) is 19.4. The first-order chi connectivity index (χ1) is 16.3. The van der Waals surface area contributed by atoms with E-state index in [0.29, 0.717) is 47.2 Å². The molecule has 0 aromatic carbocycles. The fourth-order valence-corrected chi connectivity index (χ4v) is 3.06. The number of nitrogens with zero attached hydrogens (tertiary/aromatic N) is 6. The maximum absolute atomic E-state index is 12.8. The van der Waals surface area contributed by atoms with E-state index in [1.54, 1.807) is 51.6 Å². The molecule has 172 valence electrons. The van der Waals surface area contributed by atoms with Gasteiger partial charge in [0.1, 0.15) is 11.9 Å². The van der Waals surface area contributed by atoms with Gasteiger partial charge in [0.05, 0.1) is 53.0 Å². The number of hydrogen-bond acceptors (Lipinski definition) is 9. The third-order valence-corrected chi connectivity index (χ3v) is 5.10. The van der Waals surface area contributed by atoms with Gasteiger partial charge < -0.3 is 15.4 Å². The van der Waals surface area contributed by atoms with Crippen molar-refractivity contribution in [3.8, 4) is 23.3 Å². The van der Waals surface area contributed by atoms with Gasteiger partial charge in [-0.1, -0.05) is 0 Å². The molecule has 3 aromatic rings. The molecule has 0 aliphatic heterocycles. The van der Waals surface area contributed by atoms with Crippen LogP contribution >= 0.6 is 0 Å². The van der Waals surface area contributed by atoms with Crippen LogP contribution in [0.15, 0.2) is 36.8 Å². The van der Waals surface area contributed by atoms with Crippen molar-refractivity contribution in [3.63, 3.8) is 0 Å². The Morgan fingerprint density at radius 2 is 1.94 bits per heavy atom. The van der Waals surface area contributed by atoms with Crippen molar-refractivity contribution in [2.45, 2.75) is 26.2 Å². The lowest BCUT2D eigenvalue weighted by Gasteiger charge is -2.14. The van der Waals surface area contributed by atoms with Crippen LogP contribution in [0.3, 0.4) is 0 Å². The van der Waals surface area contributed by atoms with Crippen LogP contribution in [0.4, 0.5) is 11.5 Å². The minimum absolute atomic E-state index is 0.273. The second-order valence-corrected chi connectivity index (χ2v) is 8.03. The summed E-state index contributed by atoms with van der Waals surface area (Å²) in [5, 5.41) is 32.6. The van der Waals surface area contributed by atoms with E-state index >= 15 is 0 Å². The van der Waals surface area contributed by atoms with Crippen molar-refractivity contribution in [2.24, 2.45) is 0 Å². The Labute approximate surface area is 197 Å². The molecule has 10 heteroatoms. The fraction of sp³-hybridized carbons (Fsp3) is 0.292.